The molecule has 19 heavy (non-hydrogen) atoms. The van der Waals surface area contributed by atoms with Crippen molar-refractivity contribution < 1.29 is 5.11 Å². The van der Waals surface area contributed by atoms with Crippen LogP contribution in [0.1, 0.15) is 44.9 Å². The molecule has 0 amide bonds. The fourth-order valence-corrected chi connectivity index (χ4v) is 3.45. The molecule has 0 spiro atoms. The van der Waals surface area contributed by atoms with Crippen molar-refractivity contribution in [1.29, 1.82) is 0 Å². The van der Waals surface area contributed by atoms with Gasteiger partial charge in [0.1, 0.15) is 0 Å². The monoisotopic (exact) mass is 281 g/mol. The van der Waals surface area contributed by atoms with Crippen molar-refractivity contribution in [2.45, 2.75) is 50.7 Å². The maximum absolute atomic E-state index is 9.19. The van der Waals surface area contributed by atoms with Crippen molar-refractivity contribution >= 4 is 11.8 Å². The highest BCUT2D eigenvalue weighted by Gasteiger charge is 2.20. The van der Waals surface area contributed by atoms with Crippen LogP contribution in [-0.2, 0) is 6.42 Å². The van der Waals surface area contributed by atoms with Gasteiger partial charge in [0.25, 0.3) is 0 Å². The Morgan fingerprint density at radius 2 is 1.79 bits per heavy atom. The third-order valence-corrected chi connectivity index (χ3v) is 4.66. The SMILES string of the molecule is CCNC(c1ccc(CC)cc1)C(C)SC(C)CO. The van der Waals surface area contributed by atoms with Gasteiger partial charge in [0.15, 0.2) is 0 Å². The molecule has 0 aliphatic heterocycles. The van der Waals surface area contributed by atoms with E-state index >= 15 is 0 Å². The van der Waals surface area contributed by atoms with E-state index in [1.165, 1.54) is 11.1 Å². The second kappa shape index (κ2) is 8.62. The molecular formula is C16H27NOS. The van der Waals surface area contributed by atoms with Gasteiger partial charge in [-0.05, 0) is 24.1 Å². The molecule has 0 aliphatic carbocycles. The Balaban J connectivity index is 2.79. The van der Waals surface area contributed by atoms with Crippen LogP contribution in [0.4, 0.5) is 0 Å². The van der Waals surface area contributed by atoms with Crippen LogP contribution in [0.15, 0.2) is 24.3 Å². The normalized spacial score (nSPS) is 16.1. The van der Waals surface area contributed by atoms with E-state index in [1.807, 2.05) is 11.8 Å². The van der Waals surface area contributed by atoms with Crippen LogP contribution >= 0.6 is 11.8 Å². The van der Waals surface area contributed by atoms with Crippen molar-refractivity contribution in [1.82, 2.24) is 5.32 Å². The first-order chi connectivity index (χ1) is 9.12. The van der Waals surface area contributed by atoms with Crippen LogP contribution in [0.5, 0.6) is 0 Å². The molecule has 1 rings (SSSR count). The summed E-state index contributed by atoms with van der Waals surface area (Å²) >= 11 is 1.84. The highest BCUT2D eigenvalue weighted by molar-refractivity contribution is 8.00. The van der Waals surface area contributed by atoms with E-state index < -0.39 is 0 Å². The summed E-state index contributed by atoms with van der Waals surface area (Å²) in [5.74, 6) is 0. The second-order valence-corrected chi connectivity index (χ2v) is 6.79. The number of hydrogen-bond donors (Lipinski definition) is 2. The number of aliphatic hydroxyl groups excluding tert-OH is 1. The first-order valence-electron chi connectivity index (χ1n) is 7.20. The first-order valence-corrected chi connectivity index (χ1v) is 8.15. The molecule has 3 unspecified atom stereocenters. The van der Waals surface area contributed by atoms with E-state index in [2.05, 4.69) is 57.3 Å². The Hall–Kier alpha value is -0.510. The van der Waals surface area contributed by atoms with Crippen molar-refractivity contribution in [2.24, 2.45) is 0 Å². The number of benzene rings is 1. The molecule has 2 nitrogen and oxygen atoms in total. The molecular weight excluding hydrogens is 254 g/mol. The van der Waals surface area contributed by atoms with Gasteiger partial charge >= 0.3 is 0 Å². The quantitative estimate of drug-likeness (QED) is 0.766. The molecule has 3 atom stereocenters. The highest BCUT2D eigenvalue weighted by Crippen LogP contribution is 2.29. The Kier molecular flexibility index (Phi) is 7.51. The predicted molar refractivity (Wildman–Crippen MR) is 85.8 cm³/mol. The Morgan fingerprint density at radius 3 is 2.26 bits per heavy atom. The largest absolute Gasteiger partial charge is 0.395 e. The summed E-state index contributed by atoms with van der Waals surface area (Å²) < 4.78 is 0. The van der Waals surface area contributed by atoms with Crippen LogP contribution < -0.4 is 5.32 Å². The highest BCUT2D eigenvalue weighted by atomic mass is 32.2. The zero-order valence-corrected chi connectivity index (χ0v) is 13.3. The lowest BCUT2D eigenvalue weighted by Crippen LogP contribution is -2.29. The second-order valence-electron chi connectivity index (χ2n) is 4.96. The fourth-order valence-electron chi connectivity index (χ4n) is 2.22. The van der Waals surface area contributed by atoms with Crippen molar-refractivity contribution in [3.8, 4) is 0 Å². The van der Waals surface area contributed by atoms with E-state index in [9.17, 15) is 5.11 Å². The third kappa shape index (κ3) is 5.17. The van der Waals surface area contributed by atoms with E-state index in [0.717, 1.165) is 13.0 Å². The Bertz CT molecular complexity index is 352. The molecule has 0 saturated heterocycles. The first kappa shape index (κ1) is 16.5. The van der Waals surface area contributed by atoms with Gasteiger partial charge in [-0.3, -0.25) is 0 Å². The molecule has 0 aromatic heterocycles. The number of hydrogen-bond acceptors (Lipinski definition) is 3. The predicted octanol–water partition coefficient (Wildman–Crippen LogP) is 3.40. The smallest absolute Gasteiger partial charge is 0.0547 e. The molecule has 108 valence electrons. The average Bonchev–Trinajstić information content (AvgIpc) is 2.44. The molecule has 1 aromatic rings. The van der Waals surface area contributed by atoms with Gasteiger partial charge in [-0.1, -0.05) is 52.0 Å². The molecule has 2 N–H and O–H groups in total. The van der Waals surface area contributed by atoms with Crippen molar-refractivity contribution in [3.05, 3.63) is 35.4 Å². The molecule has 0 aliphatic rings. The number of thioether (sulfide) groups is 1. The summed E-state index contributed by atoms with van der Waals surface area (Å²) in [6.07, 6.45) is 1.08. The van der Waals surface area contributed by atoms with Gasteiger partial charge < -0.3 is 10.4 Å². The molecule has 0 heterocycles. The van der Waals surface area contributed by atoms with Crippen molar-refractivity contribution in [3.63, 3.8) is 0 Å². The van der Waals surface area contributed by atoms with E-state index in [-0.39, 0.29) is 11.9 Å². The average molecular weight is 281 g/mol. The number of rotatable bonds is 8. The lowest BCUT2D eigenvalue weighted by atomic mass is 10.0. The van der Waals surface area contributed by atoms with Crippen LogP contribution in [0.25, 0.3) is 0 Å². The number of aryl methyl sites for hydroxylation is 1. The summed E-state index contributed by atoms with van der Waals surface area (Å²) in [5.41, 5.74) is 2.72. The summed E-state index contributed by atoms with van der Waals surface area (Å²) in [6, 6.07) is 9.23. The van der Waals surface area contributed by atoms with Gasteiger partial charge in [0.05, 0.1) is 6.61 Å². The number of aliphatic hydroxyl groups is 1. The zero-order chi connectivity index (χ0) is 14.3. The molecule has 1 aromatic carbocycles. The molecule has 3 heteroatoms. The number of nitrogens with one attached hydrogen (secondary N) is 1. The topological polar surface area (TPSA) is 32.3 Å². The van der Waals surface area contributed by atoms with E-state index in [0.29, 0.717) is 11.3 Å². The van der Waals surface area contributed by atoms with Gasteiger partial charge in [-0.25, -0.2) is 0 Å². The standard InChI is InChI=1S/C16H27NOS/c1-5-14-7-9-15(10-8-14)16(17-6-2)13(4)19-12(3)11-18/h7-10,12-13,16-18H,5-6,11H2,1-4H3. The molecule has 0 bridgehead atoms. The lowest BCUT2D eigenvalue weighted by Gasteiger charge is -2.27. The minimum Gasteiger partial charge on any atom is -0.395 e. The van der Waals surface area contributed by atoms with Gasteiger partial charge in [-0.15, -0.1) is 0 Å². The zero-order valence-electron chi connectivity index (χ0n) is 12.5. The van der Waals surface area contributed by atoms with Crippen molar-refractivity contribution in [2.75, 3.05) is 13.2 Å². The van der Waals surface area contributed by atoms with E-state index in [1.54, 1.807) is 0 Å². The summed E-state index contributed by atoms with van der Waals surface area (Å²) in [6.45, 7) is 9.82. The van der Waals surface area contributed by atoms with Gasteiger partial charge in [-0.2, -0.15) is 11.8 Å². The van der Waals surface area contributed by atoms with Crippen LogP contribution in [0.2, 0.25) is 0 Å². The van der Waals surface area contributed by atoms with Gasteiger partial charge in [0, 0.05) is 16.5 Å². The maximum Gasteiger partial charge on any atom is 0.0547 e. The van der Waals surface area contributed by atoms with Gasteiger partial charge in [0.2, 0.25) is 0 Å². The fraction of sp³-hybridized carbons (Fsp3) is 0.625. The Labute approximate surface area is 122 Å². The summed E-state index contributed by atoms with van der Waals surface area (Å²) in [5, 5.41) is 13.5. The van der Waals surface area contributed by atoms with E-state index in [4.69, 9.17) is 0 Å². The summed E-state index contributed by atoms with van der Waals surface area (Å²) in [7, 11) is 0. The molecule has 0 radical (unpaired) electrons. The lowest BCUT2D eigenvalue weighted by molar-refractivity contribution is 0.299. The maximum atomic E-state index is 9.19. The molecule has 0 fully saturated rings. The minimum atomic E-state index is 0.239. The van der Waals surface area contributed by atoms with Crippen LogP contribution in [0.3, 0.4) is 0 Å². The molecule has 0 saturated carbocycles. The van der Waals surface area contributed by atoms with Crippen LogP contribution in [0, 0.1) is 0 Å². The van der Waals surface area contributed by atoms with Crippen LogP contribution in [-0.4, -0.2) is 28.8 Å². The third-order valence-electron chi connectivity index (χ3n) is 3.34. The minimum absolute atomic E-state index is 0.239. The Morgan fingerprint density at radius 1 is 1.16 bits per heavy atom. The summed E-state index contributed by atoms with van der Waals surface area (Å²) in [4.78, 5) is 0.